The van der Waals surface area contributed by atoms with Gasteiger partial charge < -0.3 is 9.47 Å². The first kappa shape index (κ1) is 13.3. The molecule has 17 heavy (non-hydrogen) atoms. The molecule has 0 saturated carbocycles. The molecule has 0 amide bonds. The molecule has 0 aliphatic rings. The fourth-order valence-corrected chi connectivity index (χ4v) is 1.28. The molecule has 3 heteroatoms. The van der Waals surface area contributed by atoms with Crippen LogP contribution in [-0.4, -0.2) is 19.2 Å². The van der Waals surface area contributed by atoms with E-state index in [9.17, 15) is 4.79 Å². The van der Waals surface area contributed by atoms with Crippen molar-refractivity contribution in [1.29, 1.82) is 0 Å². The highest BCUT2D eigenvalue weighted by molar-refractivity contribution is 5.81. The summed E-state index contributed by atoms with van der Waals surface area (Å²) >= 11 is 0. The van der Waals surface area contributed by atoms with Crippen LogP contribution in [0.25, 0.3) is 0 Å². The lowest BCUT2D eigenvalue weighted by Crippen LogP contribution is -1.99. The van der Waals surface area contributed by atoms with Gasteiger partial charge in [0.1, 0.15) is 5.75 Å². The first-order valence-electron chi connectivity index (χ1n) is 5.84. The molecule has 1 aromatic carbocycles. The second-order valence-corrected chi connectivity index (χ2v) is 3.46. The van der Waals surface area contributed by atoms with Crippen molar-refractivity contribution in [1.82, 2.24) is 0 Å². The van der Waals surface area contributed by atoms with Gasteiger partial charge in [0.2, 0.25) is 0 Å². The van der Waals surface area contributed by atoms with E-state index >= 15 is 0 Å². The zero-order chi connectivity index (χ0) is 12.3. The Bertz CT molecular complexity index is 344. The molecule has 92 valence electrons. The minimum atomic E-state index is -0.281. The molecule has 0 aliphatic carbocycles. The van der Waals surface area contributed by atoms with E-state index in [4.69, 9.17) is 9.47 Å². The number of hydrogen-bond acceptors (Lipinski definition) is 3. The molecular weight excluding hydrogens is 216 g/mol. The molecule has 3 nitrogen and oxygen atoms in total. The summed E-state index contributed by atoms with van der Waals surface area (Å²) in [7, 11) is 0. The van der Waals surface area contributed by atoms with Gasteiger partial charge in [-0.3, -0.25) is 0 Å². The van der Waals surface area contributed by atoms with Crippen molar-refractivity contribution in [2.45, 2.75) is 19.8 Å². The van der Waals surface area contributed by atoms with E-state index in [1.54, 1.807) is 6.92 Å². The Morgan fingerprint density at radius 2 is 2.06 bits per heavy atom. The summed E-state index contributed by atoms with van der Waals surface area (Å²) in [4.78, 5) is 11.0. The summed E-state index contributed by atoms with van der Waals surface area (Å²) in [5.74, 6) is 0.596. The van der Waals surface area contributed by atoms with Crippen LogP contribution >= 0.6 is 0 Å². The Morgan fingerprint density at radius 3 is 2.76 bits per heavy atom. The standard InChI is InChI=1S/C14H18O3/c1-2-16-14(15)11-7-4-8-12-17-13-9-5-3-6-10-13/h3,5-7,9-11H,2,4,8,12H2,1H3/b11-7+. The summed E-state index contributed by atoms with van der Waals surface area (Å²) in [5, 5.41) is 0. The smallest absolute Gasteiger partial charge is 0.330 e. The Morgan fingerprint density at radius 1 is 1.29 bits per heavy atom. The quantitative estimate of drug-likeness (QED) is 0.413. The zero-order valence-corrected chi connectivity index (χ0v) is 10.1. The fourth-order valence-electron chi connectivity index (χ4n) is 1.28. The number of hydrogen-bond donors (Lipinski definition) is 0. The predicted octanol–water partition coefficient (Wildman–Crippen LogP) is 2.96. The SMILES string of the molecule is CCOC(=O)/C=C/CCCOc1ccccc1. The zero-order valence-electron chi connectivity index (χ0n) is 10.1. The third-order valence-electron chi connectivity index (χ3n) is 2.07. The van der Waals surface area contributed by atoms with Crippen molar-refractivity contribution in [2.24, 2.45) is 0 Å². The number of esters is 1. The number of allylic oxidation sites excluding steroid dienone is 1. The van der Waals surface area contributed by atoms with Crippen LogP contribution in [0, 0.1) is 0 Å². The van der Waals surface area contributed by atoms with Gasteiger partial charge in [0, 0.05) is 6.08 Å². The number of ether oxygens (including phenoxy) is 2. The molecule has 0 heterocycles. The van der Waals surface area contributed by atoms with Crippen LogP contribution in [0.15, 0.2) is 42.5 Å². The van der Waals surface area contributed by atoms with E-state index in [2.05, 4.69) is 0 Å². The highest BCUT2D eigenvalue weighted by atomic mass is 16.5. The van der Waals surface area contributed by atoms with Crippen molar-refractivity contribution in [2.75, 3.05) is 13.2 Å². The molecule has 0 bridgehead atoms. The molecule has 0 N–H and O–H groups in total. The van der Waals surface area contributed by atoms with Gasteiger partial charge in [0.15, 0.2) is 0 Å². The molecule has 0 spiro atoms. The molecule has 0 unspecified atom stereocenters. The Kier molecular flexibility index (Phi) is 6.56. The highest BCUT2D eigenvalue weighted by Gasteiger charge is 1.93. The van der Waals surface area contributed by atoms with Gasteiger partial charge in [-0.15, -0.1) is 0 Å². The van der Waals surface area contributed by atoms with E-state index in [1.807, 2.05) is 36.4 Å². The van der Waals surface area contributed by atoms with Gasteiger partial charge in [-0.05, 0) is 31.9 Å². The topological polar surface area (TPSA) is 35.5 Å². The maximum Gasteiger partial charge on any atom is 0.330 e. The number of carbonyl (C=O) groups excluding carboxylic acids is 1. The lowest BCUT2D eigenvalue weighted by molar-refractivity contribution is -0.137. The van der Waals surface area contributed by atoms with E-state index in [0.29, 0.717) is 13.2 Å². The van der Waals surface area contributed by atoms with Crippen LogP contribution in [0.4, 0.5) is 0 Å². The van der Waals surface area contributed by atoms with Crippen LogP contribution in [0.3, 0.4) is 0 Å². The van der Waals surface area contributed by atoms with E-state index < -0.39 is 0 Å². The third kappa shape index (κ3) is 6.40. The summed E-state index contributed by atoms with van der Waals surface area (Å²) in [5.41, 5.74) is 0. The first-order chi connectivity index (χ1) is 8.33. The van der Waals surface area contributed by atoms with Crippen LogP contribution in [0.2, 0.25) is 0 Å². The van der Waals surface area contributed by atoms with Crippen molar-refractivity contribution < 1.29 is 14.3 Å². The van der Waals surface area contributed by atoms with Gasteiger partial charge in [0.25, 0.3) is 0 Å². The Labute approximate surface area is 102 Å². The van der Waals surface area contributed by atoms with Gasteiger partial charge in [-0.2, -0.15) is 0 Å². The fraction of sp³-hybridized carbons (Fsp3) is 0.357. The lowest BCUT2D eigenvalue weighted by Gasteiger charge is -2.03. The molecular formula is C14H18O3. The molecule has 0 fully saturated rings. The number of carbonyl (C=O) groups is 1. The van der Waals surface area contributed by atoms with Crippen LogP contribution in [0.1, 0.15) is 19.8 Å². The molecule has 0 atom stereocenters. The van der Waals surface area contributed by atoms with Gasteiger partial charge in [0.05, 0.1) is 13.2 Å². The second-order valence-electron chi connectivity index (χ2n) is 3.46. The Hall–Kier alpha value is -1.77. The number of rotatable bonds is 7. The summed E-state index contributed by atoms with van der Waals surface area (Å²) < 4.78 is 10.3. The molecule has 0 aliphatic heterocycles. The monoisotopic (exact) mass is 234 g/mol. The largest absolute Gasteiger partial charge is 0.494 e. The Balaban J connectivity index is 2.07. The van der Waals surface area contributed by atoms with Crippen molar-refractivity contribution >= 4 is 5.97 Å². The summed E-state index contributed by atoms with van der Waals surface area (Å²) in [6, 6.07) is 9.68. The molecule has 1 rings (SSSR count). The minimum Gasteiger partial charge on any atom is -0.494 e. The van der Waals surface area contributed by atoms with Crippen molar-refractivity contribution in [3.05, 3.63) is 42.5 Å². The van der Waals surface area contributed by atoms with Crippen LogP contribution in [-0.2, 0) is 9.53 Å². The maximum atomic E-state index is 11.0. The van der Waals surface area contributed by atoms with E-state index in [1.165, 1.54) is 6.08 Å². The predicted molar refractivity (Wildman–Crippen MR) is 66.9 cm³/mol. The average Bonchev–Trinajstić information content (AvgIpc) is 2.35. The lowest BCUT2D eigenvalue weighted by atomic mass is 10.3. The molecule has 1 aromatic rings. The van der Waals surface area contributed by atoms with E-state index in [-0.39, 0.29) is 5.97 Å². The van der Waals surface area contributed by atoms with Crippen molar-refractivity contribution in [3.8, 4) is 5.75 Å². The highest BCUT2D eigenvalue weighted by Crippen LogP contribution is 2.08. The third-order valence-corrected chi connectivity index (χ3v) is 2.07. The maximum absolute atomic E-state index is 11.0. The average molecular weight is 234 g/mol. The molecule has 0 aromatic heterocycles. The minimum absolute atomic E-state index is 0.281. The van der Waals surface area contributed by atoms with Gasteiger partial charge in [-0.1, -0.05) is 24.3 Å². The first-order valence-corrected chi connectivity index (χ1v) is 5.84. The molecule has 0 saturated heterocycles. The van der Waals surface area contributed by atoms with E-state index in [0.717, 1.165) is 18.6 Å². The van der Waals surface area contributed by atoms with Crippen molar-refractivity contribution in [3.63, 3.8) is 0 Å². The summed E-state index contributed by atoms with van der Waals surface area (Å²) in [6.45, 7) is 2.86. The van der Waals surface area contributed by atoms with Crippen LogP contribution in [0.5, 0.6) is 5.75 Å². The second kappa shape index (κ2) is 8.39. The summed E-state index contributed by atoms with van der Waals surface area (Å²) in [6.07, 6.45) is 4.97. The number of para-hydroxylation sites is 1. The molecule has 0 radical (unpaired) electrons. The van der Waals surface area contributed by atoms with Crippen LogP contribution < -0.4 is 4.74 Å². The number of benzene rings is 1. The van der Waals surface area contributed by atoms with Gasteiger partial charge in [-0.25, -0.2) is 4.79 Å². The normalized spacial score (nSPS) is 10.4. The van der Waals surface area contributed by atoms with Gasteiger partial charge >= 0.3 is 5.97 Å². The number of unbranched alkanes of at least 4 members (excludes halogenated alkanes) is 1.